The fourth-order valence-electron chi connectivity index (χ4n) is 1.18. The second-order valence-electron chi connectivity index (χ2n) is 3.21. The van der Waals surface area contributed by atoms with Gasteiger partial charge in [-0.3, -0.25) is 4.68 Å². The van der Waals surface area contributed by atoms with Gasteiger partial charge in [0.2, 0.25) is 0 Å². The van der Waals surface area contributed by atoms with Gasteiger partial charge in [0, 0.05) is 39.0 Å². The zero-order chi connectivity index (χ0) is 10.4. The lowest BCUT2D eigenvalue weighted by Gasteiger charge is -2.08. The van der Waals surface area contributed by atoms with Gasteiger partial charge in [0.1, 0.15) is 0 Å². The largest absolute Gasteiger partial charge is 0.383 e. The fraction of sp³-hybridized carbons (Fsp3) is 0.667. The first-order valence-corrected chi connectivity index (χ1v) is 4.97. The zero-order valence-electron chi connectivity index (χ0n) is 8.53. The van der Waals surface area contributed by atoms with Crippen molar-refractivity contribution in [1.82, 2.24) is 15.1 Å². The molecule has 1 N–H and O–H groups in total. The van der Waals surface area contributed by atoms with E-state index in [-0.39, 0.29) is 5.38 Å². The van der Waals surface area contributed by atoms with E-state index < -0.39 is 0 Å². The molecule has 0 amide bonds. The Hall–Kier alpha value is -0.580. The van der Waals surface area contributed by atoms with Crippen LogP contribution in [0.15, 0.2) is 12.4 Å². The molecule has 1 rings (SSSR count). The van der Waals surface area contributed by atoms with Crippen LogP contribution in [-0.2, 0) is 18.3 Å². The van der Waals surface area contributed by atoms with Crippen LogP contribution in [0.4, 0.5) is 0 Å². The SMILES string of the molecule is COCC(Cl)CNCc1cnn(C)c1. The van der Waals surface area contributed by atoms with Gasteiger partial charge in [-0.2, -0.15) is 5.10 Å². The van der Waals surface area contributed by atoms with Crippen molar-refractivity contribution in [2.75, 3.05) is 20.3 Å². The molecule has 0 saturated heterocycles. The average Bonchev–Trinajstić information content (AvgIpc) is 2.52. The number of hydrogen-bond donors (Lipinski definition) is 1. The van der Waals surface area contributed by atoms with Crippen LogP contribution < -0.4 is 5.32 Å². The van der Waals surface area contributed by atoms with E-state index in [0.717, 1.165) is 18.7 Å². The molecule has 0 aliphatic carbocycles. The van der Waals surface area contributed by atoms with Gasteiger partial charge in [-0.05, 0) is 0 Å². The van der Waals surface area contributed by atoms with Crippen LogP contribution in [0.2, 0.25) is 0 Å². The number of alkyl halides is 1. The van der Waals surface area contributed by atoms with Gasteiger partial charge in [-0.1, -0.05) is 0 Å². The minimum atomic E-state index is 0.0247. The van der Waals surface area contributed by atoms with E-state index in [9.17, 15) is 0 Å². The Labute approximate surface area is 89.2 Å². The average molecular weight is 218 g/mol. The first kappa shape index (κ1) is 11.5. The Morgan fingerprint density at radius 2 is 2.50 bits per heavy atom. The number of hydrogen-bond acceptors (Lipinski definition) is 3. The zero-order valence-corrected chi connectivity index (χ0v) is 9.29. The molecule has 0 radical (unpaired) electrons. The molecule has 0 fully saturated rings. The summed E-state index contributed by atoms with van der Waals surface area (Å²) in [6.45, 7) is 2.10. The van der Waals surface area contributed by atoms with Crippen LogP contribution in [-0.4, -0.2) is 35.4 Å². The summed E-state index contributed by atoms with van der Waals surface area (Å²) >= 11 is 5.94. The van der Waals surface area contributed by atoms with Crippen molar-refractivity contribution in [1.29, 1.82) is 0 Å². The van der Waals surface area contributed by atoms with Crippen molar-refractivity contribution in [3.05, 3.63) is 18.0 Å². The van der Waals surface area contributed by atoms with Crippen LogP contribution >= 0.6 is 11.6 Å². The number of aromatic nitrogens is 2. The van der Waals surface area contributed by atoms with E-state index in [2.05, 4.69) is 10.4 Å². The van der Waals surface area contributed by atoms with E-state index in [0.29, 0.717) is 6.61 Å². The summed E-state index contributed by atoms with van der Waals surface area (Å²) < 4.78 is 6.70. The first-order valence-electron chi connectivity index (χ1n) is 4.53. The lowest BCUT2D eigenvalue weighted by molar-refractivity contribution is 0.197. The number of methoxy groups -OCH3 is 1. The van der Waals surface area contributed by atoms with Crippen LogP contribution in [0.5, 0.6) is 0 Å². The highest BCUT2D eigenvalue weighted by Gasteiger charge is 2.03. The highest BCUT2D eigenvalue weighted by Crippen LogP contribution is 1.97. The smallest absolute Gasteiger partial charge is 0.0694 e. The molecule has 1 unspecified atom stereocenters. The minimum absolute atomic E-state index is 0.0247. The topological polar surface area (TPSA) is 39.1 Å². The first-order chi connectivity index (χ1) is 6.72. The van der Waals surface area contributed by atoms with Gasteiger partial charge in [0.25, 0.3) is 0 Å². The highest BCUT2D eigenvalue weighted by molar-refractivity contribution is 6.20. The summed E-state index contributed by atoms with van der Waals surface area (Å²) in [6.07, 6.45) is 3.82. The number of nitrogens with zero attached hydrogens (tertiary/aromatic N) is 2. The number of nitrogens with one attached hydrogen (secondary N) is 1. The fourth-order valence-corrected chi connectivity index (χ4v) is 1.41. The molecule has 0 spiro atoms. The molecule has 1 aromatic heterocycles. The molecule has 14 heavy (non-hydrogen) atoms. The highest BCUT2D eigenvalue weighted by atomic mass is 35.5. The molecule has 1 aromatic rings. The van der Waals surface area contributed by atoms with Gasteiger partial charge in [0.15, 0.2) is 0 Å². The quantitative estimate of drug-likeness (QED) is 0.716. The molecule has 0 aliphatic heterocycles. The van der Waals surface area contributed by atoms with Gasteiger partial charge >= 0.3 is 0 Å². The Balaban J connectivity index is 2.15. The maximum atomic E-state index is 5.94. The number of ether oxygens (including phenoxy) is 1. The third-order valence-electron chi connectivity index (χ3n) is 1.80. The van der Waals surface area contributed by atoms with Gasteiger partial charge < -0.3 is 10.1 Å². The molecule has 80 valence electrons. The Morgan fingerprint density at radius 3 is 3.07 bits per heavy atom. The van der Waals surface area contributed by atoms with E-state index in [1.54, 1.807) is 11.8 Å². The standard InChI is InChI=1S/C9H16ClN3O/c1-13-6-8(4-12-13)3-11-5-9(10)7-14-2/h4,6,9,11H,3,5,7H2,1-2H3. The van der Waals surface area contributed by atoms with Crippen molar-refractivity contribution < 1.29 is 4.74 Å². The van der Waals surface area contributed by atoms with Crippen LogP contribution in [0.25, 0.3) is 0 Å². The number of aryl methyl sites for hydroxylation is 1. The molecule has 1 heterocycles. The van der Waals surface area contributed by atoms with Gasteiger partial charge in [-0.15, -0.1) is 11.6 Å². The van der Waals surface area contributed by atoms with Crippen molar-refractivity contribution in [3.8, 4) is 0 Å². The molecule has 5 heteroatoms. The predicted molar refractivity (Wildman–Crippen MR) is 56.4 cm³/mol. The monoisotopic (exact) mass is 217 g/mol. The molecule has 1 atom stereocenters. The Kier molecular flexibility index (Phi) is 4.93. The molecule has 0 aliphatic rings. The number of halogens is 1. The van der Waals surface area contributed by atoms with Crippen molar-refractivity contribution in [2.45, 2.75) is 11.9 Å². The molecule has 0 bridgehead atoms. The van der Waals surface area contributed by atoms with Crippen molar-refractivity contribution in [3.63, 3.8) is 0 Å². The van der Waals surface area contributed by atoms with E-state index in [1.807, 2.05) is 19.4 Å². The normalized spacial score (nSPS) is 13.1. The summed E-state index contributed by atoms with van der Waals surface area (Å²) in [5, 5.41) is 7.33. The molecule has 4 nitrogen and oxygen atoms in total. The lowest BCUT2D eigenvalue weighted by atomic mass is 10.3. The van der Waals surface area contributed by atoms with E-state index in [1.165, 1.54) is 0 Å². The maximum Gasteiger partial charge on any atom is 0.0694 e. The summed E-state index contributed by atoms with van der Waals surface area (Å²) in [4.78, 5) is 0. The van der Waals surface area contributed by atoms with E-state index in [4.69, 9.17) is 16.3 Å². The van der Waals surface area contributed by atoms with Crippen LogP contribution in [0.3, 0.4) is 0 Å². The third kappa shape index (κ3) is 4.09. The Morgan fingerprint density at radius 1 is 1.71 bits per heavy atom. The second-order valence-corrected chi connectivity index (χ2v) is 3.82. The molecular weight excluding hydrogens is 202 g/mol. The summed E-state index contributed by atoms with van der Waals surface area (Å²) in [5.41, 5.74) is 1.16. The summed E-state index contributed by atoms with van der Waals surface area (Å²) in [6, 6.07) is 0. The molecule has 0 aromatic carbocycles. The summed E-state index contributed by atoms with van der Waals surface area (Å²) in [7, 11) is 3.55. The molecule has 0 saturated carbocycles. The summed E-state index contributed by atoms with van der Waals surface area (Å²) in [5.74, 6) is 0. The van der Waals surface area contributed by atoms with Crippen molar-refractivity contribution >= 4 is 11.6 Å². The third-order valence-corrected chi connectivity index (χ3v) is 2.08. The second kappa shape index (κ2) is 6.01. The van der Waals surface area contributed by atoms with E-state index >= 15 is 0 Å². The lowest BCUT2D eigenvalue weighted by Crippen LogP contribution is -2.25. The Bertz CT molecular complexity index is 264. The maximum absolute atomic E-state index is 5.94. The van der Waals surface area contributed by atoms with Gasteiger partial charge in [-0.25, -0.2) is 0 Å². The number of rotatable bonds is 6. The molecular formula is C9H16ClN3O. The predicted octanol–water partition coefficient (Wildman–Crippen LogP) is 0.763. The van der Waals surface area contributed by atoms with Crippen LogP contribution in [0, 0.1) is 0 Å². The van der Waals surface area contributed by atoms with Crippen molar-refractivity contribution in [2.24, 2.45) is 7.05 Å². The minimum Gasteiger partial charge on any atom is -0.383 e. The van der Waals surface area contributed by atoms with Gasteiger partial charge in [0.05, 0.1) is 18.2 Å². The van der Waals surface area contributed by atoms with Crippen LogP contribution in [0.1, 0.15) is 5.56 Å².